The maximum Gasteiger partial charge on any atom is 0.418 e. The quantitative estimate of drug-likeness (QED) is 0.471. The van der Waals surface area contributed by atoms with Crippen LogP contribution in [-0.2, 0) is 16.6 Å². The summed E-state index contributed by atoms with van der Waals surface area (Å²) in [7, 11) is 0. The number of nitrogens with zero attached hydrogens (tertiary/aromatic N) is 2. The van der Waals surface area contributed by atoms with Gasteiger partial charge in [0, 0.05) is 10.5 Å². The number of amides is 1. The fourth-order valence-electron chi connectivity index (χ4n) is 3.86. The molecule has 164 valence electrons. The SMILES string of the molecule is C[C@](O)(CC(=O)Nc1nc2c(C(F)(F)F)cc(Br)cc2n1C1CCC1)c1ccccc1. The first kappa shape index (κ1) is 21.8. The van der Waals surface area contributed by atoms with Gasteiger partial charge in [-0.1, -0.05) is 46.3 Å². The van der Waals surface area contributed by atoms with Crippen LogP contribution in [0.5, 0.6) is 0 Å². The molecule has 1 aliphatic carbocycles. The summed E-state index contributed by atoms with van der Waals surface area (Å²) in [6.07, 6.45) is -2.30. The van der Waals surface area contributed by atoms with Gasteiger partial charge in [0.1, 0.15) is 5.52 Å². The van der Waals surface area contributed by atoms with Gasteiger partial charge in [-0.15, -0.1) is 0 Å². The van der Waals surface area contributed by atoms with Crippen LogP contribution in [0.15, 0.2) is 46.9 Å². The topological polar surface area (TPSA) is 67.2 Å². The van der Waals surface area contributed by atoms with Crippen LogP contribution in [0.1, 0.15) is 49.8 Å². The molecule has 1 atom stereocenters. The van der Waals surface area contributed by atoms with E-state index in [9.17, 15) is 23.1 Å². The number of rotatable bonds is 5. The average Bonchev–Trinajstić information content (AvgIpc) is 2.97. The minimum Gasteiger partial charge on any atom is -0.385 e. The van der Waals surface area contributed by atoms with E-state index in [1.807, 2.05) is 0 Å². The van der Waals surface area contributed by atoms with E-state index in [0.29, 0.717) is 11.1 Å². The van der Waals surface area contributed by atoms with Crippen LogP contribution in [0.25, 0.3) is 11.0 Å². The van der Waals surface area contributed by atoms with Gasteiger partial charge in [-0.05, 0) is 43.9 Å². The molecule has 9 heteroatoms. The van der Waals surface area contributed by atoms with Crippen molar-refractivity contribution in [1.29, 1.82) is 0 Å². The number of aromatic nitrogens is 2. The molecule has 1 aliphatic rings. The Morgan fingerprint density at radius 3 is 2.52 bits per heavy atom. The average molecular weight is 496 g/mol. The highest BCUT2D eigenvalue weighted by atomic mass is 79.9. The van der Waals surface area contributed by atoms with E-state index in [-0.39, 0.29) is 28.4 Å². The molecule has 0 aliphatic heterocycles. The number of anilines is 1. The van der Waals surface area contributed by atoms with Crippen molar-refractivity contribution in [3.63, 3.8) is 0 Å². The molecule has 1 heterocycles. The van der Waals surface area contributed by atoms with E-state index in [0.717, 1.165) is 25.3 Å². The lowest BCUT2D eigenvalue weighted by Crippen LogP contribution is -2.30. The molecule has 0 bridgehead atoms. The Kier molecular flexibility index (Phi) is 5.59. The molecule has 0 radical (unpaired) electrons. The van der Waals surface area contributed by atoms with Crippen LogP contribution in [0.3, 0.4) is 0 Å². The van der Waals surface area contributed by atoms with Crippen LogP contribution in [0, 0.1) is 0 Å². The first-order valence-electron chi connectivity index (χ1n) is 9.93. The zero-order valence-corrected chi connectivity index (χ0v) is 18.3. The molecule has 2 N–H and O–H groups in total. The number of aliphatic hydroxyl groups is 1. The number of hydrogen-bond donors (Lipinski definition) is 2. The smallest absolute Gasteiger partial charge is 0.385 e. The molecule has 1 saturated carbocycles. The molecule has 1 aromatic heterocycles. The number of carbonyl (C=O) groups is 1. The maximum absolute atomic E-state index is 13.6. The predicted molar refractivity (Wildman–Crippen MR) is 115 cm³/mol. The summed E-state index contributed by atoms with van der Waals surface area (Å²) in [5.41, 5.74) is -1.61. The number of imidazole rings is 1. The van der Waals surface area contributed by atoms with Crippen LogP contribution in [-0.4, -0.2) is 20.6 Å². The second-order valence-corrected chi connectivity index (χ2v) is 8.99. The molecule has 0 unspecified atom stereocenters. The van der Waals surface area contributed by atoms with Gasteiger partial charge in [0.25, 0.3) is 0 Å². The van der Waals surface area contributed by atoms with Gasteiger partial charge in [0.15, 0.2) is 0 Å². The summed E-state index contributed by atoms with van der Waals surface area (Å²) < 4.78 is 42.8. The van der Waals surface area contributed by atoms with Crippen molar-refractivity contribution in [3.05, 3.63) is 58.1 Å². The maximum atomic E-state index is 13.6. The van der Waals surface area contributed by atoms with Gasteiger partial charge in [-0.25, -0.2) is 4.98 Å². The highest BCUT2D eigenvalue weighted by molar-refractivity contribution is 9.10. The number of alkyl halides is 3. The van der Waals surface area contributed by atoms with Crippen molar-refractivity contribution < 1.29 is 23.1 Å². The van der Waals surface area contributed by atoms with Gasteiger partial charge < -0.3 is 9.67 Å². The van der Waals surface area contributed by atoms with Gasteiger partial charge >= 0.3 is 6.18 Å². The highest BCUT2D eigenvalue weighted by Crippen LogP contribution is 2.42. The molecule has 1 fully saturated rings. The van der Waals surface area contributed by atoms with Crippen molar-refractivity contribution >= 4 is 38.8 Å². The summed E-state index contributed by atoms with van der Waals surface area (Å²) >= 11 is 3.16. The van der Waals surface area contributed by atoms with Crippen LogP contribution < -0.4 is 5.32 Å². The van der Waals surface area contributed by atoms with Crippen molar-refractivity contribution in [1.82, 2.24) is 9.55 Å². The normalized spacial score (nSPS) is 16.7. The summed E-state index contributed by atoms with van der Waals surface area (Å²) in [5.74, 6) is -0.463. The third-order valence-corrected chi connectivity index (χ3v) is 6.11. The van der Waals surface area contributed by atoms with Crippen molar-refractivity contribution in [2.75, 3.05) is 5.32 Å². The molecule has 5 nitrogen and oxygen atoms in total. The zero-order chi connectivity index (χ0) is 22.4. The Balaban J connectivity index is 1.71. The fraction of sp³-hybridized carbons (Fsp3) is 0.364. The van der Waals surface area contributed by atoms with Gasteiger partial charge in [-0.3, -0.25) is 10.1 Å². The van der Waals surface area contributed by atoms with Gasteiger partial charge in [-0.2, -0.15) is 13.2 Å². The molecule has 3 aromatic rings. The molecule has 0 spiro atoms. The summed E-state index contributed by atoms with van der Waals surface area (Å²) in [6, 6.07) is 11.3. The fourth-order valence-corrected chi connectivity index (χ4v) is 4.31. The summed E-state index contributed by atoms with van der Waals surface area (Å²) in [5, 5.41) is 13.4. The standard InChI is InChI=1S/C22H21BrF3N3O2/c1-21(31,13-6-3-2-4-7-13)12-18(30)27-20-28-19-16(22(24,25)26)10-14(23)11-17(19)29(20)15-8-5-9-15/h2-4,6-7,10-11,15,31H,5,8-9,12H2,1H3,(H,27,28,30)/t21-/m0/s1. The van der Waals surface area contributed by atoms with Crippen LogP contribution in [0.2, 0.25) is 0 Å². The van der Waals surface area contributed by atoms with Crippen LogP contribution in [0.4, 0.5) is 19.1 Å². The number of carbonyl (C=O) groups excluding carboxylic acids is 1. The Bertz CT molecular complexity index is 1120. The molecule has 0 saturated heterocycles. The van der Waals surface area contributed by atoms with E-state index < -0.39 is 23.2 Å². The lowest BCUT2D eigenvalue weighted by atomic mass is 9.92. The lowest BCUT2D eigenvalue weighted by Gasteiger charge is -2.29. The van der Waals surface area contributed by atoms with E-state index in [2.05, 4.69) is 26.2 Å². The second-order valence-electron chi connectivity index (χ2n) is 8.07. The zero-order valence-electron chi connectivity index (χ0n) is 16.7. The molecule has 1 amide bonds. The third kappa shape index (κ3) is 4.34. The second kappa shape index (κ2) is 7.94. The molecule has 31 heavy (non-hydrogen) atoms. The van der Waals surface area contributed by atoms with Crippen molar-refractivity contribution in [3.8, 4) is 0 Å². The van der Waals surface area contributed by atoms with Gasteiger partial charge in [0.2, 0.25) is 11.9 Å². The number of fused-ring (bicyclic) bond motifs is 1. The Labute approximate surface area is 185 Å². The predicted octanol–water partition coefficient (Wildman–Crippen LogP) is 5.78. The monoisotopic (exact) mass is 495 g/mol. The lowest BCUT2D eigenvalue weighted by molar-refractivity contribution is -0.136. The number of nitrogens with one attached hydrogen (secondary N) is 1. The van der Waals surface area contributed by atoms with E-state index in [1.54, 1.807) is 41.0 Å². The Morgan fingerprint density at radius 1 is 1.26 bits per heavy atom. The summed E-state index contributed by atoms with van der Waals surface area (Å²) in [4.78, 5) is 16.9. The van der Waals surface area contributed by atoms with Crippen molar-refractivity contribution in [2.45, 2.75) is 50.4 Å². The minimum atomic E-state index is -4.58. The molecule has 4 rings (SSSR count). The first-order chi connectivity index (χ1) is 14.6. The highest BCUT2D eigenvalue weighted by Gasteiger charge is 2.37. The summed E-state index contributed by atoms with van der Waals surface area (Å²) in [6.45, 7) is 1.52. The third-order valence-electron chi connectivity index (χ3n) is 5.66. The van der Waals surface area contributed by atoms with Crippen LogP contribution >= 0.6 is 15.9 Å². The Hall–Kier alpha value is -2.39. The Morgan fingerprint density at radius 2 is 1.94 bits per heavy atom. The number of halogens is 4. The molecular weight excluding hydrogens is 475 g/mol. The van der Waals surface area contributed by atoms with E-state index in [1.165, 1.54) is 6.92 Å². The number of hydrogen-bond acceptors (Lipinski definition) is 3. The van der Waals surface area contributed by atoms with Gasteiger partial charge in [0.05, 0.1) is 23.1 Å². The van der Waals surface area contributed by atoms with E-state index in [4.69, 9.17) is 0 Å². The largest absolute Gasteiger partial charge is 0.418 e. The first-order valence-corrected chi connectivity index (χ1v) is 10.7. The van der Waals surface area contributed by atoms with E-state index >= 15 is 0 Å². The number of benzene rings is 2. The molecular formula is C22H21BrF3N3O2. The molecule has 2 aromatic carbocycles. The minimum absolute atomic E-state index is 0.0367. The van der Waals surface area contributed by atoms with Crippen molar-refractivity contribution in [2.24, 2.45) is 0 Å².